The Labute approximate surface area is 124 Å². The lowest BCUT2D eigenvalue weighted by molar-refractivity contribution is -0.275. The molecule has 5 atom stereocenters. The van der Waals surface area contributed by atoms with Gasteiger partial charge in [0, 0.05) is 41.7 Å². The van der Waals surface area contributed by atoms with Gasteiger partial charge >= 0.3 is 0 Å². The van der Waals surface area contributed by atoms with Crippen molar-refractivity contribution in [2.45, 2.75) is 44.5 Å². The molecule has 122 valence electrons. The van der Waals surface area contributed by atoms with Crippen LogP contribution in [-0.2, 0) is 28.5 Å². The number of ether oxygens (including phenoxy) is 4. The average Bonchev–Trinajstić information content (AvgIpc) is 2.44. The predicted octanol–water partition coefficient (Wildman–Crippen LogP) is -0.971. The van der Waals surface area contributed by atoms with Crippen LogP contribution >= 0.6 is 0 Å². The fourth-order valence-corrected chi connectivity index (χ4v) is 2.45. The monoisotopic (exact) mass is 304 g/mol. The van der Waals surface area contributed by atoms with Crippen molar-refractivity contribution in [1.82, 2.24) is 10.6 Å². The molecule has 0 bridgehead atoms. The Balaban J connectivity index is 2.95. The van der Waals surface area contributed by atoms with Crippen LogP contribution in [0.25, 0.3) is 0 Å². The van der Waals surface area contributed by atoms with Crippen LogP contribution in [0.3, 0.4) is 0 Å². The van der Waals surface area contributed by atoms with Gasteiger partial charge in [-0.3, -0.25) is 9.59 Å². The molecule has 2 amide bonds. The molecule has 8 nitrogen and oxygen atoms in total. The molecule has 1 rings (SSSR count). The van der Waals surface area contributed by atoms with Gasteiger partial charge in [-0.15, -0.1) is 0 Å². The van der Waals surface area contributed by atoms with Crippen LogP contribution < -0.4 is 10.6 Å². The molecule has 2 N–H and O–H groups in total. The lowest BCUT2D eigenvalue weighted by Gasteiger charge is -2.45. The Hall–Kier alpha value is -1.22. The first-order valence-corrected chi connectivity index (χ1v) is 6.70. The minimum atomic E-state index is -0.649. The quantitative estimate of drug-likeness (QED) is 0.655. The highest BCUT2D eigenvalue weighted by atomic mass is 16.7. The van der Waals surface area contributed by atoms with Gasteiger partial charge in [0.25, 0.3) is 0 Å². The van der Waals surface area contributed by atoms with Gasteiger partial charge in [-0.25, -0.2) is 0 Å². The normalized spacial score (nSPS) is 32.5. The average molecular weight is 304 g/mol. The Morgan fingerprint density at radius 3 is 2.05 bits per heavy atom. The lowest BCUT2D eigenvalue weighted by Crippen LogP contribution is -2.66. The zero-order valence-corrected chi connectivity index (χ0v) is 13.0. The minimum Gasteiger partial charge on any atom is -0.376 e. The van der Waals surface area contributed by atoms with E-state index in [9.17, 15) is 9.59 Å². The molecule has 21 heavy (non-hydrogen) atoms. The summed E-state index contributed by atoms with van der Waals surface area (Å²) in [6.45, 7) is 3.05. The van der Waals surface area contributed by atoms with Crippen molar-refractivity contribution in [3.63, 3.8) is 0 Å². The fraction of sp³-hybridized carbons (Fsp3) is 0.846. The molecule has 1 fully saturated rings. The maximum absolute atomic E-state index is 11.4. The molecule has 0 aromatic heterocycles. The van der Waals surface area contributed by atoms with Gasteiger partial charge in [0.2, 0.25) is 11.8 Å². The Kier molecular flexibility index (Phi) is 7.03. The SMILES string of the molecule is COC1OC(CNC(C)=O)C(NC(C)=O)C(OC)C1OC. The van der Waals surface area contributed by atoms with E-state index in [1.165, 1.54) is 35.2 Å². The molecule has 0 aromatic rings. The van der Waals surface area contributed by atoms with Crippen molar-refractivity contribution in [2.24, 2.45) is 0 Å². The Morgan fingerprint density at radius 1 is 1.00 bits per heavy atom. The topological polar surface area (TPSA) is 95.1 Å². The molecule has 1 heterocycles. The predicted molar refractivity (Wildman–Crippen MR) is 73.6 cm³/mol. The van der Waals surface area contributed by atoms with Crippen LogP contribution in [0, 0.1) is 0 Å². The summed E-state index contributed by atoms with van der Waals surface area (Å²) in [5.74, 6) is -0.402. The third-order valence-electron chi connectivity index (χ3n) is 3.35. The molecule has 1 aliphatic heterocycles. The maximum Gasteiger partial charge on any atom is 0.217 e. The summed E-state index contributed by atoms with van der Waals surface area (Å²) < 4.78 is 21.9. The third kappa shape index (κ3) is 4.63. The maximum atomic E-state index is 11.4. The molecule has 0 aliphatic carbocycles. The second kappa shape index (κ2) is 8.28. The number of hydrogen-bond acceptors (Lipinski definition) is 6. The van der Waals surface area contributed by atoms with Gasteiger partial charge in [-0.05, 0) is 0 Å². The van der Waals surface area contributed by atoms with Crippen molar-refractivity contribution >= 4 is 11.8 Å². The van der Waals surface area contributed by atoms with Crippen molar-refractivity contribution in [1.29, 1.82) is 0 Å². The largest absolute Gasteiger partial charge is 0.376 e. The summed E-state index contributed by atoms with van der Waals surface area (Å²) in [5, 5.41) is 5.46. The number of carbonyl (C=O) groups excluding carboxylic acids is 2. The van der Waals surface area contributed by atoms with Gasteiger partial charge < -0.3 is 29.6 Å². The Bertz CT molecular complexity index is 365. The fourth-order valence-electron chi connectivity index (χ4n) is 2.45. The van der Waals surface area contributed by atoms with Gasteiger partial charge in [0.05, 0.1) is 6.04 Å². The zero-order chi connectivity index (χ0) is 16.0. The Morgan fingerprint density at radius 2 is 1.62 bits per heavy atom. The number of carbonyl (C=O) groups is 2. The summed E-state index contributed by atoms with van der Waals surface area (Å²) in [4.78, 5) is 22.5. The van der Waals surface area contributed by atoms with Crippen LogP contribution in [-0.4, -0.2) is 70.3 Å². The van der Waals surface area contributed by atoms with E-state index in [4.69, 9.17) is 18.9 Å². The first-order chi connectivity index (χ1) is 9.94. The van der Waals surface area contributed by atoms with E-state index >= 15 is 0 Å². The van der Waals surface area contributed by atoms with Gasteiger partial charge in [-0.2, -0.15) is 0 Å². The molecule has 0 spiro atoms. The molecular weight excluding hydrogens is 280 g/mol. The van der Waals surface area contributed by atoms with Crippen LogP contribution in [0.15, 0.2) is 0 Å². The van der Waals surface area contributed by atoms with Gasteiger partial charge in [0.1, 0.15) is 18.3 Å². The second-order valence-corrected chi connectivity index (χ2v) is 4.84. The first-order valence-electron chi connectivity index (χ1n) is 6.70. The van der Waals surface area contributed by atoms with Crippen LogP contribution in [0.4, 0.5) is 0 Å². The molecular formula is C13H24N2O6. The molecule has 1 saturated heterocycles. The van der Waals surface area contributed by atoms with E-state index in [1.54, 1.807) is 0 Å². The lowest BCUT2D eigenvalue weighted by atomic mass is 9.95. The van der Waals surface area contributed by atoms with E-state index in [0.717, 1.165) is 0 Å². The standard InChI is InChI=1S/C13H24N2O6/c1-7(16)14-6-9-10(15-8(2)17)11(18-3)12(19-4)13(20-5)21-9/h9-13H,6H2,1-5H3,(H,14,16)(H,15,17). The second-order valence-electron chi connectivity index (χ2n) is 4.84. The van der Waals surface area contributed by atoms with Crippen molar-refractivity contribution in [3.8, 4) is 0 Å². The van der Waals surface area contributed by atoms with E-state index in [-0.39, 0.29) is 18.4 Å². The number of nitrogens with one attached hydrogen (secondary N) is 2. The van der Waals surface area contributed by atoms with Crippen molar-refractivity contribution < 1.29 is 28.5 Å². The summed E-state index contributed by atoms with van der Waals surface area (Å²) >= 11 is 0. The third-order valence-corrected chi connectivity index (χ3v) is 3.35. The molecule has 1 aliphatic rings. The van der Waals surface area contributed by atoms with E-state index in [0.29, 0.717) is 0 Å². The number of rotatable bonds is 6. The highest BCUT2D eigenvalue weighted by Crippen LogP contribution is 2.25. The van der Waals surface area contributed by atoms with Crippen molar-refractivity contribution in [2.75, 3.05) is 27.9 Å². The van der Waals surface area contributed by atoms with E-state index < -0.39 is 30.6 Å². The van der Waals surface area contributed by atoms with Gasteiger partial charge in [0.15, 0.2) is 6.29 Å². The minimum absolute atomic E-state index is 0.183. The smallest absolute Gasteiger partial charge is 0.217 e. The number of methoxy groups -OCH3 is 3. The van der Waals surface area contributed by atoms with Crippen LogP contribution in [0.2, 0.25) is 0 Å². The molecule has 8 heteroatoms. The molecule has 0 aromatic carbocycles. The van der Waals surface area contributed by atoms with Gasteiger partial charge in [-0.1, -0.05) is 0 Å². The highest BCUT2D eigenvalue weighted by Gasteiger charge is 2.47. The summed E-state index contributed by atoms with van der Waals surface area (Å²) in [7, 11) is 4.54. The molecule has 0 radical (unpaired) electrons. The summed E-state index contributed by atoms with van der Waals surface area (Å²) in [5.41, 5.74) is 0. The zero-order valence-electron chi connectivity index (χ0n) is 13.0. The first kappa shape index (κ1) is 17.8. The van der Waals surface area contributed by atoms with Crippen LogP contribution in [0.1, 0.15) is 13.8 Å². The van der Waals surface area contributed by atoms with E-state index in [1.807, 2.05) is 0 Å². The number of hydrogen-bond donors (Lipinski definition) is 2. The highest BCUT2D eigenvalue weighted by molar-refractivity contribution is 5.74. The summed E-state index contributed by atoms with van der Waals surface area (Å²) in [6.07, 6.45) is -2.09. The summed E-state index contributed by atoms with van der Waals surface area (Å²) in [6, 6.07) is -0.462. The van der Waals surface area contributed by atoms with E-state index in [2.05, 4.69) is 10.6 Å². The van der Waals surface area contributed by atoms with Crippen LogP contribution in [0.5, 0.6) is 0 Å². The molecule has 5 unspecified atom stereocenters. The molecule has 0 saturated carbocycles. The number of amides is 2. The van der Waals surface area contributed by atoms with Crippen molar-refractivity contribution in [3.05, 3.63) is 0 Å².